The van der Waals surface area contributed by atoms with Gasteiger partial charge in [-0.05, 0) is 36.6 Å². The summed E-state index contributed by atoms with van der Waals surface area (Å²) in [5, 5.41) is 13.0. The monoisotopic (exact) mass is 329 g/mol. The lowest BCUT2D eigenvalue weighted by Crippen LogP contribution is -2.36. The fourth-order valence-corrected chi connectivity index (χ4v) is 2.44. The lowest BCUT2D eigenvalue weighted by Gasteiger charge is -2.29. The molecule has 1 aromatic rings. The van der Waals surface area contributed by atoms with Gasteiger partial charge in [0.05, 0.1) is 7.11 Å². The summed E-state index contributed by atoms with van der Waals surface area (Å²) in [6.07, 6.45) is 1.96. The second-order valence-electron chi connectivity index (χ2n) is 4.93. The third kappa shape index (κ3) is 4.48. The van der Waals surface area contributed by atoms with Crippen molar-refractivity contribution in [3.63, 3.8) is 0 Å². The number of aliphatic hydroxyl groups is 1. The van der Waals surface area contributed by atoms with E-state index in [0.29, 0.717) is 0 Å². The fraction of sp³-hybridized carbons (Fsp3) is 0.600. The molecule has 0 aromatic heterocycles. The second kappa shape index (κ2) is 7.88. The normalized spacial score (nSPS) is 11.6. The Morgan fingerprint density at radius 3 is 2.53 bits per heavy atom. The number of benzene rings is 1. The van der Waals surface area contributed by atoms with Crippen LogP contribution in [0.2, 0.25) is 0 Å². The molecule has 0 atom stereocenters. The highest BCUT2D eigenvalue weighted by atomic mass is 79.9. The van der Waals surface area contributed by atoms with Gasteiger partial charge in [0.2, 0.25) is 0 Å². The summed E-state index contributed by atoms with van der Waals surface area (Å²) in [5.41, 5.74) is 1.16. The molecule has 0 amide bonds. The number of hydrogen-bond donors (Lipinski definition) is 2. The SMILES string of the molecule is CCC(CC)(CO)CNCc1cc(OC)ccc1Br. The Morgan fingerprint density at radius 2 is 2.00 bits per heavy atom. The second-order valence-corrected chi connectivity index (χ2v) is 5.78. The van der Waals surface area contributed by atoms with Crippen LogP contribution in [0.1, 0.15) is 32.3 Å². The minimum Gasteiger partial charge on any atom is -0.497 e. The first kappa shape index (κ1) is 16.5. The zero-order valence-corrected chi connectivity index (χ0v) is 13.6. The Labute approximate surface area is 124 Å². The maximum Gasteiger partial charge on any atom is 0.119 e. The zero-order chi connectivity index (χ0) is 14.3. The van der Waals surface area contributed by atoms with Crippen LogP contribution in [0, 0.1) is 5.41 Å². The van der Waals surface area contributed by atoms with Crippen LogP contribution in [-0.2, 0) is 6.54 Å². The van der Waals surface area contributed by atoms with E-state index in [-0.39, 0.29) is 12.0 Å². The smallest absolute Gasteiger partial charge is 0.119 e. The molecule has 0 aliphatic carbocycles. The predicted molar refractivity (Wildman–Crippen MR) is 82.5 cm³/mol. The highest BCUT2D eigenvalue weighted by molar-refractivity contribution is 9.10. The molecule has 0 aliphatic heterocycles. The van der Waals surface area contributed by atoms with E-state index in [2.05, 4.69) is 35.1 Å². The van der Waals surface area contributed by atoms with Crippen LogP contribution in [0.5, 0.6) is 5.75 Å². The third-order valence-electron chi connectivity index (χ3n) is 3.90. The molecule has 0 bridgehead atoms. The van der Waals surface area contributed by atoms with Crippen LogP contribution < -0.4 is 10.1 Å². The first-order valence-electron chi connectivity index (χ1n) is 6.74. The van der Waals surface area contributed by atoms with Crippen LogP contribution in [0.3, 0.4) is 0 Å². The lowest BCUT2D eigenvalue weighted by molar-refractivity contribution is 0.113. The number of aliphatic hydroxyl groups excluding tert-OH is 1. The molecule has 2 N–H and O–H groups in total. The summed E-state index contributed by atoms with van der Waals surface area (Å²) < 4.78 is 6.30. The average Bonchev–Trinajstić information content (AvgIpc) is 2.46. The van der Waals surface area contributed by atoms with E-state index in [1.54, 1.807) is 7.11 Å². The molecule has 0 spiro atoms. The summed E-state index contributed by atoms with van der Waals surface area (Å²) in [5.74, 6) is 0.861. The summed E-state index contributed by atoms with van der Waals surface area (Å²) in [6, 6.07) is 5.95. The van der Waals surface area contributed by atoms with Gasteiger partial charge in [-0.2, -0.15) is 0 Å². The van der Waals surface area contributed by atoms with Crippen LogP contribution in [0.15, 0.2) is 22.7 Å². The quantitative estimate of drug-likeness (QED) is 0.768. The van der Waals surface area contributed by atoms with Crippen molar-refractivity contribution in [2.75, 3.05) is 20.3 Å². The molecular weight excluding hydrogens is 306 g/mol. The molecule has 0 unspecified atom stereocenters. The summed E-state index contributed by atoms with van der Waals surface area (Å²) >= 11 is 3.55. The number of ether oxygens (including phenoxy) is 1. The van der Waals surface area contributed by atoms with E-state index in [1.165, 1.54) is 5.56 Å². The topological polar surface area (TPSA) is 41.5 Å². The molecule has 108 valence electrons. The molecule has 1 rings (SSSR count). The maximum atomic E-state index is 9.54. The van der Waals surface area contributed by atoms with Crippen LogP contribution in [0.4, 0.5) is 0 Å². The van der Waals surface area contributed by atoms with E-state index >= 15 is 0 Å². The van der Waals surface area contributed by atoms with Crippen molar-refractivity contribution >= 4 is 15.9 Å². The number of hydrogen-bond acceptors (Lipinski definition) is 3. The summed E-state index contributed by atoms with van der Waals surface area (Å²) in [6.45, 7) is 6.07. The van der Waals surface area contributed by atoms with Gasteiger partial charge in [-0.25, -0.2) is 0 Å². The molecule has 0 aliphatic rings. The summed E-state index contributed by atoms with van der Waals surface area (Å²) in [7, 11) is 1.67. The van der Waals surface area contributed by atoms with Gasteiger partial charge in [0.15, 0.2) is 0 Å². The van der Waals surface area contributed by atoms with Gasteiger partial charge in [0.25, 0.3) is 0 Å². The van der Waals surface area contributed by atoms with Crippen LogP contribution in [-0.4, -0.2) is 25.4 Å². The van der Waals surface area contributed by atoms with Gasteiger partial charge in [0, 0.05) is 29.6 Å². The predicted octanol–water partition coefficient (Wildman–Crippen LogP) is 3.35. The van der Waals surface area contributed by atoms with Gasteiger partial charge >= 0.3 is 0 Å². The Kier molecular flexibility index (Phi) is 6.83. The lowest BCUT2D eigenvalue weighted by atomic mass is 9.83. The molecule has 0 saturated carbocycles. The number of rotatable bonds is 8. The third-order valence-corrected chi connectivity index (χ3v) is 4.68. The Morgan fingerprint density at radius 1 is 1.32 bits per heavy atom. The molecule has 0 heterocycles. The average molecular weight is 330 g/mol. The van der Waals surface area contributed by atoms with Crippen molar-refractivity contribution < 1.29 is 9.84 Å². The van der Waals surface area contributed by atoms with Crippen LogP contribution >= 0.6 is 15.9 Å². The van der Waals surface area contributed by atoms with Crippen molar-refractivity contribution in [1.29, 1.82) is 0 Å². The highest BCUT2D eigenvalue weighted by Crippen LogP contribution is 2.26. The standard InChI is InChI=1S/C15H24BrNO2/c1-4-15(5-2,11-18)10-17-9-12-8-13(19-3)6-7-14(12)16/h6-8,17-18H,4-5,9-11H2,1-3H3. The van der Waals surface area contributed by atoms with Crippen molar-refractivity contribution in [3.8, 4) is 5.75 Å². The molecule has 4 heteroatoms. The molecule has 1 aromatic carbocycles. The van der Waals surface area contributed by atoms with Gasteiger partial charge < -0.3 is 15.2 Å². The Bertz CT molecular complexity index is 383. The van der Waals surface area contributed by atoms with E-state index in [4.69, 9.17) is 4.74 Å². The van der Waals surface area contributed by atoms with E-state index in [0.717, 1.165) is 36.2 Å². The number of methoxy groups -OCH3 is 1. The minimum atomic E-state index is -0.00859. The zero-order valence-electron chi connectivity index (χ0n) is 12.0. The van der Waals surface area contributed by atoms with Gasteiger partial charge in [-0.15, -0.1) is 0 Å². The Hall–Kier alpha value is -0.580. The van der Waals surface area contributed by atoms with E-state index in [9.17, 15) is 5.11 Å². The highest BCUT2D eigenvalue weighted by Gasteiger charge is 2.24. The molecular formula is C15H24BrNO2. The van der Waals surface area contributed by atoms with Crippen molar-refractivity contribution in [3.05, 3.63) is 28.2 Å². The molecule has 0 saturated heterocycles. The van der Waals surface area contributed by atoms with E-state index < -0.39 is 0 Å². The van der Waals surface area contributed by atoms with Gasteiger partial charge in [-0.3, -0.25) is 0 Å². The largest absolute Gasteiger partial charge is 0.497 e. The van der Waals surface area contributed by atoms with Gasteiger partial charge in [0.1, 0.15) is 5.75 Å². The summed E-state index contributed by atoms with van der Waals surface area (Å²) in [4.78, 5) is 0. The van der Waals surface area contributed by atoms with Crippen molar-refractivity contribution in [2.45, 2.75) is 33.2 Å². The number of halogens is 1. The molecule has 19 heavy (non-hydrogen) atoms. The fourth-order valence-electron chi connectivity index (χ4n) is 2.06. The molecule has 0 fully saturated rings. The Balaban J connectivity index is 2.62. The number of nitrogens with one attached hydrogen (secondary N) is 1. The van der Waals surface area contributed by atoms with Crippen molar-refractivity contribution in [2.24, 2.45) is 5.41 Å². The first-order valence-corrected chi connectivity index (χ1v) is 7.54. The maximum absolute atomic E-state index is 9.54. The molecule has 3 nitrogen and oxygen atoms in total. The first-order chi connectivity index (χ1) is 9.10. The van der Waals surface area contributed by atoms with Gasteiger partial charge in [-0.1, -0.05) is 29.8 Å². The van der Waals surface area contributed by atoms with Crippen LogP contribution in [0.25, 0.3) is 0 Å². The molecule has 0 radical (unpaired) electrons. The van der Waals surface area contributed by atoms with E-state index in [1.807, 2.05) is 18.2 Å². The minimum absolute atomic E-state index is 0.00859. The van der Waals surface area contributed by atoms with Crippen molar-refractivity contribution in [1.82, 2.24) is 5.32 Å².